The number of hydrogen-bond donors (Lipinski definition) is 0. The average Bonchev–Trinajstić information content (AvgIpc) is 3.30. The fraction of sp³-hybridized carbons (Fsp3) is 0.464. The summed E-state index contributed by atoms with van der Waals surface area (Å²) in [6, 6.07) is 7.44. The van der Waals surface area contributed by atoms with Crippen LogP contribution in [0.4, 0.5) is 13.2 Å². The quantitative estimate of drug-likeness (QED) is 0.199. The molecule has 11 heteroatoms. The third kappa shape index (κ3) is 6.26. The van der Waals surface area contributed by atoms with Crippen molar-refractivity contribution >= 4 is 30.0 Å². The highest BCUT2D eigenvalue weighted by atomic mass is 28.3. The van der Waals surface area contributed by atoms with Crippen LogP contribution in [0.5, 0.6) is 0 Å². The maximum atomic E-state index is 12.8. The summed E-state index contributed by atoms with van der Waals surface area (Å²) < 4.78 is 48.6. The van der Waals surface area contributed by atoms with E-state index >= 15 is 0 Å². The molecule has 0 aromatic carbocycles. The lowest BCUT2D eigenvalue weighted by Gasteiger charge is -2.34. The predicted molar refractivity (Wildman–Crippen MR) is 148 cm³/mol. The van der Waals surface area contributed by atoms with Crippen molar-refractivity contribution in [2.24, 2.45) is 0 Å². The molecule has 4 aromatic heterocycles. The van der Waals surface area contributed by atoms with E-state index < -0.39 is 19.9 Å². The van der Waals surface area contributed by atoms with Gasteiger partial charge in [-0.25, -0.2) is 4.98 Å². The maximum absolute atomic E-state index is 12.8. The van der Waals surface area contributed by atoms with E-state index in [-0.39, 0.29) is 11.5 Å². The third-order valence-corrected chi connectivity index (χ3v) is 9.07. The Balaban J connectivity index is 1.32. The van der Waals surface area contributed by atoms with Gasteiger partial charge in [0.2, 0.25) is 0 Å². The van der Waals surface area contributed by atoms with Crippen molar-refractivity contribution in [1.29, 1.82) is 0 Å². The fourth-order valence-corrected chi connectivity index (χ4v) is 5.90. The van der Waals surface area contributed by atoms with Gasteiger partial charge in [0, 0.05) is 76.6 Å². The number of pyridine rings is 3. The first-order valence-electron chi connectivity index (χ1n) is 13.3. The number of piperidine rings is 1. The summed E-state index contributed by atoms with van der Waals surface area (Å²) in [7, 11) is -1.17. The van der Waals surface area contributed by atoms with Crippen molar-refractivity contribution in [3.63, 3.8) is 0 Å². The number of nitrogens with zero attached hydrogens (tertiary/aromatic N) is 5. The Morgan fingerprint density at radius 1 is 1.00 bits per heavy atom. The molecule has 1 saturated heterocycles. The number of likely N-dealkylation sites (tertiary alicyclic amines) is 1. The monoisotopic (exact) mass is 557 g/mol. The molecule has 0 aliphatic carbocycles. The van der Waals surface area contributed by atoms with Gasteiger partial charge in [-0.3, -0.25) is 14.7 Å². The second-order valence-corrected chi connectivity index (χ2v) is 17.2. The molecule has 0 bridgehead atoms. The standard InChI is InChI=1S/C28H34F3N5O2Si/c1-39(2,3)15-14-38-19-35-12-8-22-26-23(17-33-27(22)35)24(37)9-13-36(26)21-6-10-34(11-7-21)18-20-4-5-25(32-16-20)28(29,30)31/h4-5,8-9,12-13,16-17,21H,6-7,10-11,14-15,18-19H2,1-3H3. The molecule has 5 rings (SSSR count). The van der Waals surface area contributed by atoms with Crippen LogP contribution in [0.2, 0.25) is 25.7 Å². The number of alkyl halides is 3. The molecule has 0 unspecified atom stereocenters. The summed E-state index contributed by atoms with van der Waals surface area (Å²) in [5.41, 5.74) is 1.52. The molecular formula is C28H34F3N5O2Si. The topological polar surface area (TPSA) is 65.2 Å². The molecular weight excluding hydrogens is 523 g/mol. The van der Waals surface area contributed by atoms with Crippen LogP contribution < -0.4 is 5.43 Å². The zero-order chi connectivity index (χ0) is 27.8. The number of fused-ring (bicyclic) bond motifs is 3. The summed E-state index contributed by atoms with van der Waals surface area (Å²) >= 11 is 0. The molecule has 0 radical (unpaired) electrons. The Bertz CT molecular complexity index is 1500. The minimum absolute atomic E-state index is 0.0537. The van der Waals surface area contributed by atoms with Crippen molar-refractivity contribution in [3.8, 4) is 0 Å². The summed E-state index contributed by atoms with van der Waals surface area (Å²) in [5.74, 6) is 0. The van der Waals surface area contributed by atoms with E-state index in [0.717, 1.165) is 66.8 Å². The molecule has 0 atom stereocenters. The number of hydrogen-bond acceptors (Lipinski definition) is 5. The third-order valence-electron chi connectivity index (χ3n) is 7.37. The van der Waals surface area contributed by atoms with Crippen LogP contribution in [-0.2, 0) is 24.2 Å². The lowest BCUT2D eigenvalue weighted by molar-refractivity contribution is -0.141. The zero-order valence-corrected chi connectivity index (χ0v) is 23.5. The molecule has 0 saturated carbocycles. The van der Waals surface area contributed by atoms with Crippen LogP contribution >= 0.6 is 0 Å². The van der Waals surface area contributed by atoms with E-state index in [1.807, 2.05) is 23.0 Å². The predicted octanol–water partition coefficient (Wildman–Crippen LogP) is 5.91. The van der Waals surface area contributed by atoms with Crippen molar-refractivity contribution < 1.29 is 17.9 Å². The smallest absolute Gasteiger partial charge is 0.361 e. The number of rotatable bonds is 8. The Labute approximate surface area is 226 Å². The van der Waals surface area contributed by atoms with Gasteiger partial charge in [-0.1, -0.05) is 25.7 Å². The average molecular weight is 558 g/mol. The van der Waals surface area contributed by atoms with Crippen molar-refractivity contribution in [1.82, 2.24) is 24.0 Å². The van der Waals surface area contributed by atoms with Gasteiger partial charge in [-0.15, -0.1) is 0 Å². The molecule has 39 heavy (non-hydrogen) atoms. The number of ether oxygens (including phenoxy) is 1. The molecule has 0 N–H and O–H groups in total. The van der Waals surface area contributed by atoms with Crippen LogP contribution in [0, 0.1) is 0 Å². The van der Waals surface area contributed by atoms with E-state index in [0.29, 0.717) is 18.7 Å². The minimum atomic E-state index is -4.43. The molecule has 0 spiro atoms. The summed E-state index contributed by atoms with van der Waals surface area (Å²) in [6.45, 7) is 10.2. The Morgan fingerprint density at radius 2 is 1.77 bits per heavy atom. The van der Waals surface area contributed by atoms with Gasteiger partial charge in [-0.2, -0.15) is 13.2 Å². The first-order valence-corrected chi connectivity index (χ1v) is 17.0. The highest BCUT2D eigenvalue weighted by molar-refractivity contribution is 6.76. The minimum Gasteiger partial charge on any atom is -0.361 e. The Morgan fingerprint density at radius 3 is 2.44 bits per heavy atom. The van der Waals surface area contributed by atoms with E-state index in [9.17, 15) is 18.0 Å². The van der Waals surface area contributed by atoms with Gasteiger partial charge < -0.3 is 13.9 Å². The van der Waals surface area contributed by atoms with Gasteiger partial charge in [0.15, 0.2) is 5.43 Å². The van der Waals surface area contributed by atoms with Crippen molar-refractivity contribution in [2.75, 3.05) is 19.7 Å². The van der Waals surface area contributed by atoms with Gasteiger partial charge in [0.05, 0.1) is 10.9 Å². The highest BCUT2D eigenvalue weighted by Gasteiger charge is 2.32. The normalized spacial score (nSPS) is 15.9. The second-order valence-electron chi connectivity index (χ2n) is 11.5. The second kappa shape index (κ2) is 10.9. The molecule has 4 aromatic rings. The molecule has 208 valence electrons. The Kier molecular flexibility index (Phi) is 7.67. The van der Waals surface area contributed by atoms with Crippen LogP contribution in [-0.4, -0.2) is 51.8 Å². The first kappa shape index (κ1) is 27.5. The first-order chi connectivity index (χ1) is 18.5. The van der Waals surface area contributed by atoms with Gasteiger partial charge in [0.1, 0.15) is 18.1 Å². The molecule has 1 aliphatic heterocycles. The fourth-order valence-electron chi connectivity index (χ4n) is 5.14. The lowest BCUT2D eigenvalue weighted by Crippen LogP contribution is -2.34. The number of halogens is 3. The van der Waals surface area contributed by atoms with Gasteiger partial charge in [0.25, 0.3) is 0 Å². The molecule has 7 nitrogen and oxygen atoms in total. The Hall–Kier alpha value is -3.02. The number of aromatic nitrogens is 4. The van der Waals surface area contributed by atoms with E-state index in [1.54, 1.807) is 12.3 Å². The lowest BCUT2D eigenvalue weighted by atomic mass is 10.0. The molecule has 1 aliphatic rings. The van der Waals surface area contributed by atoms with E-state index in [1.165, 1.54) is 12.3 Å². The maximum Gasteiger partial charge on any atom is 0.433 e. The summed E-state index contributed by atoms with van der Waals surface area (Å²) in [6.07, 6.45) is 4.11. The SMILES string of the molecule is C[Si](C)(C)CCOCn1ccc2c1ncc1c(=O)ccn(C3CCN(Cc4ccc(C(F)(F)F)nc4)CC3)c12. The largest absolute Gasteiger partial charge is 0.433 e. The van der Waals surface area contributed by atoms with Crippen molar-refractivity contribution in [2.45, 2.75) is 64.0 Å². The van der Waals surface area contributed by atoms with Crippen LogP contribution in [0.25, 0.3) is 21.9 Å². The van der Waals surface area contributed by atoms with Crippen LogP contribution in [0.15, 0.2) is 53.8 Å². The molecule has 0 amide bonds. The van der Waals surface area contributed by atoms with Gasteiger partial charge in [-0.05, 0) is 36.6 Å². The van der Waals surface area contributed by atoms with E-state index in [4.69, 9.17) is 4.74 Å². The van der Waals surface area contributed by atoms with Crippen LogP contribution in [0.3, 0.4) is 0 Å². The molecule has 1 fully saturated rings. The summed E-state index contributed by atoms with van der Waals surface area (Å²) in [5, 5.41) is 1.53. The molecule has 5 heterocycles. The summed E-state index contributed by atoms with van der Waals surface area (Å²) in [4.78, 5) is 23.2. The van der Waals surface area contributed by atoms with Gasteiger partial charge >= 0.3 is 6.18 Å². The van der Waals surface area contributed by atoms with E-state index in [2.05, 4.69) is 39.1 Å². The van der Waals surface area contributed by atoms with Crippen molar-refractivity contribution in [3.05, 3.63) is 70.5 Å². The highest BCUT2D eigenvalue weighted by Crippen LogP contribution is 2.31. The zero-order valence-electron chi connectivity index (χ0n) is 22.5. The van der Waals surface area contributed by atoms with Crippen LogP contribution in [0.1, 0.15) is 30.1 Å².